The Kier molecular flexibility index (Phi) is 5.79. The van der Waals surface area contributed by atoms with E-state index in [2.05, 4.69) is 10.3 Å². The van der Waals surface area contributed by atoms with Gasteiger partial charge in [-0.15, -0.1) is 0 Å². The number of carbonyl (C=O) groups is 1. The van der Waals surface area contributed by atoms with Crippen molar-refractivity contribution in [3.05, 3.63) is 76.8 Å². The molecule has 0 atom stereocenters. The Bertz CT molecular complexity index is 1030. The molecule has 0 saturated heterocycles. The summed E-state index contributed by atoms with van der Waals surface area (Å²) in [6.07, 6.45) is -4.51. The van der Waals surface area contributed by atoms with Crippen molar-refractivity contribution in [3.63, 3.8) is 0 Å². The second kappa shape index (κ2) is 8.13. The summed E-state index contributed by atoms with van der Waals surface area (Å²) < 4.78 is 39.9. The van der Waals surface area contributed by atoms with Gasteiger partial charge in [0.25, 0.3) is 5.91 Å². The lowest BCUT2D eigenvalue weighted by Gasteiger charge is -2.16. The molecule has 0 aliphatic carbocycles. The summed E-state index contributed by atoms with van der Waals surface area (Å²) >= 11 is 5.83. The highest BCUT2D eigenvalue weighted by molar-refractivity contribution is 6.30. The topological polar surface area (TPSA) is 45.2 Å². The van der Waals surface area contributed by atoms with E-state index in [0.717, 1.165) is 12.1 Å². The maximum Gasteiger partial charge on any atom is 0.416 e. The van der Waals surface area contributed by atoms with Crippen molar-refractivity contribution in [2.24, 2.45) is 0 Å². The highest BCUT2D eigenvalue weighted by Gasteiger charge is 2.32. The van der Waals surface area contributed by atoms with E-state index in [4.69, 9.17) is 11.6 Å². The van der Waals surface area contributed by atoms with Crippen LogP contribution in [0.15, 0.2) is 60.7 Å². The lowest BCUT2D eigenvalue weighted by molar-refractivity contribution is -0.137. The highest BCUT2D eigenvalue weighted by Crippen LogP contribution is 2.34. The van der Waals surface area contributed by atoms with Gasteiger partial charge in [-0.2, -0.15) is 13.2 Å². The molecule has 29 heavy (non-hydrogen) atoms. The third-order valence-corrected chi connectivity index (χ3v) is 4.37. The number of rotatable bonds is 4. The van der Waals surface area contributed by atoms with Crippen LogP contribution in [0.4, 0.5) is 24.7 Å². The Morgan fingerprint density at radius 2 is 1.72 bits per heavy atom. The predicted octanol–water partition coefficient (Wildman–Crippen LogP) is 5.74. The first-order chi connectivity index (χ1) is 13.6. The molecule has 0 fully saturated rings. The number of nitrogens with zero attached hydrogens (tertiary/aromatic N) is 2. The number of pyridine rings is 1. The van der Waals surface area contributed by atoms with E-state index in [-0.39, 0.29) is 11.5 Å². The molecule has 0 unspecified atom stereocenters. The Hall–Kier alpha value is -3.06. The molecule has 1 amide bonds. The van der Waals surface area contributed by atoms with E-state index in [9.17, 15) is 18.0 Å². The molecule has 0 bridgehead atoms. The number of anilines is 2. The molecule has 8 heteroatoms. The molecule has 1 aromatic heterocycles. The molecule has 4 nitrogen and oxygen atoms in total. The molecule has 3 rings (SSSR count). The number of hydrogen-bond donors (Lipinski definition) is 1. The fraction of sp³-hybridized carbons (Fsp3) is 0.143. The van der Waals surface area contributed by atoms with Crippen LogP contribution in [-0.4, -0.2) is 25.0 Å². The minimum Gasteiger partial charge on any atom is -0.363 e. The minimum atomic E-state index is -4.51. The molecule has 0 saturated carbocycles. The largest absolute Gasteiger partial charge is 0.416 e. The molecule has 2 aromatic carbocycles. The van der Waals surface area contributed by atoms with Crippen LogP contribution in [0.3, 0.4) is 0 Å². The summed E-state index contributed by atoms with van der Waals surface area (Å²) in [5, 5.41) is 3.26. The van der Waals surface area contributed by atoms with Gasteiger partial charge in [0, 0.05) is 35.9 Å². The average Bonchev–Trinajstić information content (AvgIpc) is 2.68. The monoisotopic (exact) mass is 419 g/mol. The lowest BCUT2D eigenvalue weighted by atomic mass is 10.0. The van der Waals surface area contributed by atoms with Gasteiger partial charge in [-0.25, -0.2) is 4.98 Å². The molecule has 0 spiro atoms. The normalized spacial score (nSPS) is 11.2. The zero-order valence-electron chi connectivity index (χ0n) is 15.6. The van der Waals surface area contributed by atoms with E-state index >= 15 is 0 Å². The van der Waals surface area contributed by atoms with Crippen molar-refractivity contribution >= 4 is 29.0 Å². The molecule has 0 aliphatic heterocycles. The van der Waals surface area contributed by atoms with Gasteiger partial charge in [-0.05, 0) is 48.5 Å². The first kappa shape index (κ1) is 20.7. The molecule has 0 radical (unpaired) electrons. The summed E-state index contributed by atoms with van der Waals surface area (Å²) in [5.74, 6) is -0.222. The average molecular weight is 420 g/mol. The van der Waals surface area contributed by atoms with Gasteiger partial charge >= 0.3 is 6.18 Å². The number of benzene rings is 2. The maximum absolute atomic E-state index is 13.3. The van der Waals surface area contributed by atoms with Gasteiger partial charge in [-0.3, -0.25) is 4.79 Å². The van der Waals surface area contributed by atoms with Crippen LogP contribution in [0, 0.1) is 0 Å². The number of nitrogens with one attached hydrogen (secondary N) is 1. The number of alkyl halides is 3. The molecule has 150 valence electrons. The molecular formula is C21H17ClF3N3O. The predicted molar refractivity (Wildman–Crippen MR) is 108 cm³/mol. The Morgan fingerprint density at radius 1 is 1.03 bits per heavy atom. The van der Waals surface area contributed by atoms with Crippen molar-refractivity contribution in [2.45, 2.75) is 6.18 Å². The summed E-state index contributed by atoms with van der Waals surface area (Å²) in [4.78, 5) is 18.3. The molecule has 3 aromatic rings. The van der Waals surface area contributed by atoms with E-state index in [1.807, 2.05) is 0 Å². The van der Waals surface area contributed by atoms with Gasteiger partial charge in [0.05, 0.1) is 11.3 Å². The Labute approximate surface area is 170 Å². The smallest absolute Gasteiger partial charge is 0.363 e. The van der Waals surface area contributed by atoms with Crippen LogP contribution >= 0.6 is 11.6 Å². The first-order valence-corrected chi connectivity index (χ1v) is 8.95. The zero-order chi connectivity index (χ0) is 21.2. The van der Waals surface area contributed by atoms with E-state index < -0.39 is 17.6 Å². The number of hydrogen-bond acceptors (Lipinski definition) is 3. The second-order valence-electron chi connectivity index (χ2n) is 6.53. The van der Waals surface area contributed by atoms with Crippen molar-refractivity contribution in [1.29, 1.82) is 0 Å². The fourth-order valence-electron chi connectivity index (χ4n) is 2.61. The molecule has 0 aliphatic rings. The van der Waals surface area contributed by atoms with Crippen LogP contribution in [0.25, 0.3) is 11.3 Å². The molecular weight excluding hydrogens is 403 g/mol. The number of carbonyl (C=O) groups excluding carboxylic acids is 1. The van der Waals surface area contributed by atoms with Gasteiger partial charge in [0.1, 0.15) is 5.82 Å². The van der Waals surface area contributed by atoms with Gasteiger partial charge < -0.3 is 10.2 Å². The number of amides is 1. The summed E-state index contributed by atoms with van der Waals surface area (Å²) in [5.41, 5.74) is 0.579. The number of halogens is 4. The van der Waals surface area contributed by atoms with Gasteiger partial charge in [-0.1, -0.05) is 23.7 Å². The summed E-state index contributed by atoms with van der Waals surface area (Å²) in [6, 6.07) is 14.9. The Balaban J connectivity index is 1.95. The summed E-state index contributed by atoms with van der Waals surface area (Å²) in [6.45, 7) is 0. The van der Waals surface area contributed by atoms with Crippen LogP contribution < -0.4 is 10.2 Å². The number of aromatic nitrogens is 1. The highest BCUT2D eigenvalue weighted by atomic mass is 35.5. The van der Waals surface area contributed by atoms with Crippen LogP contribution in [0.5, 0.6) is 0 Å². The summed E-state index contributed by atoms with van der Waals surface area (Å²) in [7, 11) is 3.23. The van der Waals surface area contributed by atoms with Crippen molar-refractivity contribution in [3.8, 4) is 11.3 Å². The van der Waals surface area contributed by atoms with Gasteiger partial charge in [0.15, 0.2) is 0 Å². The van der Waals surface area contributed by atoms with Crippen LogP contribution in [0.2, 0.25) is 5.02 Å². The third-order valence-electron chi connectivity index (χ3n) is 4.12. The van der Waals surface area contributed by atoms with Gasteiger partial charge in [0.2, 0.25) is 0 Å². The minimum absolute atomic E-state index is 0.129. The Morgan fingerprint density at radius 3 is 2.34 bits per heavy atom. The molecule has 1 heterocycles. The van der Waals surface area contributed by atoms with Crippen molar-refractivity contribution in [2.75, 3.05) is 24.3 Å². The zero-order valence-corrected chi connectivity index (χ0v) is 16.3. The second-order valence-corrected chi connectivity index (χ2v) is 6.97. The standard InChI is InChI=1S/C21H17ClF3N3O/c1-28(2)19-12-15(21(23,24)25)11-18(27-19)13-4-3-5-14(10-13)20(29)26-17-8-6-16(22)7-9-17/h3-12H,1-2H3,(H,26,29). The quantitative estimate of drug-likeness (QED) is 0.586. The third kappa shape index (κ3) is 5.06. The lowest BCUT2D eigenvalue weighted by Crippen LogP contribution is -2.14. The molecule has 1 N–H and O–H groups in total. The van der Waals surface area contributed by atoms with Crippen LogP contribution in [0.1, 0.15) is 15.9 Å². The van der Waals surface area contributed by atoms with E-state index in [1.54, 1.807) is 56.6 Å². The van der Waals surface area contributed by atoms with E-state index in [0.29, 0.717) is 21.8 Å². The first-order valence-electron chi connectivity index (χ1n) is 8.57. The SMILES string of the molecule is CN(C)c1cc(C(F)(F)F)cc(-c2cccc(C(=O)Nc3ccc(Cl)cc3)c2)n1. The van der Waals surface area contributed by atoms with Crippen LogP contribution in [-0.2, 0) is 6.18 Å². The maximum atomic E-state index is 13.3. The van der Waals surface area contributed by atoms with Crippen molar-refractivity contribution in [1.82, 2.24) is 4.98 Å². The fourth-order valence-corrected chi connectivity index (χ4v) is 2.74. The van der Waals surface area contributed by atoms with E-state index in [1.165, 1.54) is 11.0 Å². The van der Waals surface area contributed by atoms with Crippen molar-refractivity contribution < 1.29 is 18.0 Å².